The molecule has 2 atom stereocenters. The summed E-state index contributed by atoms with van der Waals surface area (Å²) < 4.78 is 25.7. The molecule has 0 spiro atoms. The first-order valence-electron chi connectivity index (χ1n) is 11.8. The van der Waals surface area contributed by atoms with E-state index in [0.717, 1.165) is 42.7 Å². The Hall–Kier alpha value is -2.72. The van der Waals surface area contributed by atoms with E-state index < -0.39 is 15.8 Å². The lowest BCUT2D eigenvalue weighted by atomic mass is 10.1. The molecular formula is C24H34N6O3S. The van der Waals surface area contributed by atoms with Crippen LogP contribution < -0.4 is 19.6 Å². The maximum absolute atomic E-state index is 12.5. The molecule has 1 fully saturated rings. The highest BCUT2D eigenvalue weighted by Crippen LogP contribution is 2.26. The van der Waals surface area contributed by atoms with Gasteiger partial charge in [-0.05, 0) is 52.1 Å². The standard InChI is InChI=1S/C24H34N6O3S/c1-16(2)19-15-27-30-21(19)28-23(32-18-10-8-12-25-14-18)29-22(30)26-13-17-9-6-7-11-20(17)33-34(31)24(3,4)5/h6-7,9,11,15-16,18,25H,8,10,12-14H2,1-5H3,(H,26,28,29). The van der Waals surface area contributed by atoms with Gasteiger partial charge in [0.25, 0.3) is 0 Å². The van der Waals surface area contributed by atoms with Crippen LogP contribution in [-0.4, -0.2) is 47.7 Å². The number of fused-ring (bicyclic) bond motifs is 1. The summed E-state index contributed by atoms with van der Waals surface area (Å²) in [5.74, 6) is 1.36. The van der Waals surface area contributed by atoms with E-state index >= 15 is 0 Å². The maximum Gasteiger partial charge on any atom is 0.322 e. The number of hydrogen-bond acceptors (Lipinski definition) is 8. The lowest BCUT2D eigenvalue weighted by molar-refractivity contribution is 0.153. The van der Waals surface area contributed by atoms with Crippen molar-refractivity contribution < 1.29 is 13.1 Å². The number of rotatable bonds is 8. The zero-order chi connectivity index (χ0) is 24.3. The van der Waals surface area contributed by atoms with Gasteiger partial charge in [0.1, 0.15) is 11.9 Å². The second-order valence-corrected chi connectivity index (χ2v) is 11.7. The van der Waals surface area contributed by atoms with Crippen molar-refractivity contribution in [3.8, 4) is 11.8 Å². The predicted molar refractivity (Wildman–Crippen MR) is 134 cm³/mol. The quantitative estimate of drug-likeness (QED) is 0.495. The molecule has 0 amide bonds. The number of nitrogens with one attached hydrogen (secondary N) is 2. The van der Waals surface area contributed by atoms with Crippen LogP contribution in [0.1, 0.15) is 64.5 Å². The SMILES string of the molecule is CC(C)c1cnn2c(NCc3ccccc3OS(=O)C(C)(C)C)nc(OC3CCCNC3)nc12. The number of hydrogen-bond donors (Lipinski definition) is 2. The van der Waals surface area contributed by atoms with Crippen molar-refractivity contribution in [3.63, 3.8) is 0 Å². The summed E-state index contributed by atoms with van der Waals surface area (Å²) >= 11 is -1.48. The van der Waals surface area contributed by atoms with Gasteiger partial charge in [0.2, 0.25) is 17.0 Å². The molecule has 0 aliphatic carbocycles. The smallest absolute Gasteiger partial charge is 0.322 e. The average molecular weight is 487 g/mol. The molecule has 10 heteroatoms. The van der Waals surface area contributed by atoms with Gasteiger partial charge in [-0.1, -0.05) is 32.0 Å². The second kappa shape index (κ2) is 10.3. The first kappa shape index (κ1) is 24.4. The van der Waals surface area contributed by atoms with E-state index in [9.17, 15) is 4.21 Å². The molecule has 1 aliphatic rings. The van der Waals surface area contributed by atoms with Crippen LogP contribution in [0.5, 0.6) is 11.8 Å². The minimum Gasteiger partial charge on any atom is -0.459 e. The number of ether oxygens (including phenoxy) is 1. The number of nitrogens with zero attached hydrogens (tertiary/aromatic N) is 4. The van der Waals surface area contributed by atoms with E-state index in [1.54, 1.807) is 4.52 Å². The highest BCUT2D eigenvalue weighted by Gasteiger charge is 2.23. The summed E-state index contributed by atoms with van der Waals surface area (Å²) in [6.07, 6.45) is 3.90. The van der Waals surface area contributed by atoms with Crippen molar-refractivity contribution in [1.29, 1.82) is 0 Å². The second-order valence-electron chi connectivity index (χ2n) is 9.80. The van der Waals surface area contributed by atoms with Gasteiger partial charge in [-0.15, -0.1) is 0 Å². The zero-order valence-electron chi connectivity index (χ0n) is 20.5. The molecule has 9 nitrogen and oxygen atoms in total. The fourth-order valence-corrected chi connectivity index (χ4v) is 4.21. The highest BCUT2D eigenvalue weighted by molar-refractivity contribution is 7.82. The van der Waals surface area contributed by atoms with Crippen molar-refractivity contribution in [3.05, 3.63) is 41.6 Å². The first-order chi connectivity index (χ1) is 16.2. The molecule has 3 aromatic rings. The topological polar surface area (TPSA) is 103 Å². The average Bonchev–Trinajstić information content (AvgIpc) is 3.23. The van der Waals surface area contributed by atoms with Crippen molar-refractivity contribution in [2.75, 3.05) is 18.4 Å². The van der Waals surface area contributed by atoms with Crippen LogP contribution in [0.15, 0.2) is 30.5 Å². The summed E-state index contributed by atoms with van der Waals surface area (Å²) in [6, 6.07) is 7.90. The van der Waals surface area contributed by atoms with Gasteiger partial charge >= 0.3 is 6.01 Å². The van der Waals surface area contributed by atoms with Gasteiger partial charge < -0.3 is 19.6 Å². The number of piperidine rings is 1. The van der Waals surface area contributed by atoms with E-state index in [2.05, 4.69) is 39.5 Å². The predicted octanol–water partition coefficient (Wildman–Crippen LogP) is 3.83. The van der Waals surface area contributed by atoms with E-state index in [0.29, 0.717) is 24.3 Å². The molecular weight excluding hydrogens is 452 g/mol. The largest absolute Gasteiger partial charge is 0.459 e. The van der Waals surface area contributed by atoms with Gasteiger partial charge in [-0.25, -0.2) is 4.21 Å². The van der Waals surface area contributed by atoms with E-state index in [1.165, 1.54) is 0 Å². The lowest BCUT2D eigenvalue weighted by Gasteiger charge is -2.23. The normalized spacial score (nSPS) is 17.6. The molecule has 0 saturated carbocycles. The number of para-hydroxylation sites is 1. The number of benzene rings is 1. The molecule has 0 radical (unpaired) electrons. The van der Waals surface area contributed by atoms with E-state index in [1.807, 2.05) is 51.2 Å². The summed E-state index contributed by atoms with van der Waals surface area (Å²) in [6.45, 7) is 12.1. The molecule has 1 aliphatic heterocycles. The van der Waals surface area contributed by atoms with Crippen LogP contribution in [0.3, 0.4) is 0 Å². The maximum atomic E-state index is 12.5. The summed E-state index contributed by atoms with van der Waals surface area (Å²) in [4.78, 5) is 9.32. The molecule has 0 bridgehead atoms. The molecule has 34 heavy (non-hydrogen) atoms. The Bertz CT molecular complexity index is 1150. The van der Waals surface area contributed by atoms with Crippen LogP contribution in [0, 0.1) is 0 Å². The van der Waals surface area contributed by atoms with Gasteiger partial charge in [0, 0.05) is 24.2 Å². The van der Waals surface area contributed by atoms with Crippen LogP contribution in [0.25, 0.3) is 5.65 Å². The minimum atomic E-state index is -1.48. The molecule has 2 N–H and O–H groups in total. The Morgan fingerprint density at radius 2 is 2.06 bits per heavy atom. The fraction of sp³-hybridized carbons (Fsp3) is 0.542. The van der Waals surface area contributed by atoms with Crippen molar-refractivity contribution in [1.82, 2.24) is 24.9 Å². The fourth-order valence-electron chi connectivity index (χ4n) is 3.63. The monoisotopic (exact) mass is 486 g/mol. The molecule has 1 aromatic carbocycles. The van der Waals surface area contributed by atoms with Crippen LogP contribution >= 0.6 is 0 Å². The Morgan fingerprint density at radius 3 is 2.76 bits per heavy atom. The summed E-state index contributed by atoms with van der Waals surface area (Å²) in [7, 11) is 0. The molecule has 2 aromatic heterocycles. The van der Waals surface area contributed by atoms with Crippen LogP contribution in [0.4, 0.5) is 5.95 Å². The molecule has 184 valence electrons. The zero-order valence-corrected chi connectivity index (χ0v) is 21.3. The first-order valence-corrected chi connectivity index (χ1v) is 12.8. The van der Waals surface area contributed by atoms with Crippen molar-refractivity contribution in [2.24, 2.45) is 0 Å². The molecule has 2 unspecified atom stereocenters. The van der Waals surface area contributed by atoms with Gasteiger partial charge in [0.15, 0.2) is 5.65 Å². The number of anilines is 1. The Balaban J connectivity index is 1.61. The third-order valence-corrected chi connectivity index (χ3v) is 6.93. The molecule has 4 rings (SSSR count). The van der Waals surface area contributed by atoms with Crippen molar-refractivity contribution in [2.45, 2.75) is 70.8 Å². The summed E-state index contributed by atoms with van der Waals surface area (Å²) in [5, 5.41) is 11.2. The van der Waals surface area contributed by atoms with Gasteiger partial charge in [-0.2, -0.15) is 19.6 Å². The lowest BCUT2D eigenvalue weighted by Crippen LogP contribution is -2.37. The molecule has 1 saturated heterocycles. The summed E-state index contributed by atoms with van der Waals surface area (Å²) in [5.41, 5.74) is 2.62. The Kier molecular flexibility index (Phi) is 7.37. The van der Waals surface area contributed by atoms with E-state index in [4.69, 9.17) is 8.92 Å². The van der Waals surface area contributed by atoms with Crippen LogP contribution in [0.2, 0.25) is 0 Å². The van der Waals surface area contributed by atoms with Crippen LogP contribution in [-0.2, 0) is 17.6 Å². The number of aromatic nitrogens is 4. The highest BCUT2D eigenvalue weighted by atomic mass is 32.2. The van der Waals surface area contributed by atoms with Crippen molar-refractivity contribution >= 4 is 22.7 Å². The van der Waals surface area contributed by atoms with Gasteiger partial charge in [-0.3, -0.25) is 0 Å². The third-order valence-electron chi connectivity index (χ3n) is 5.60. The minimum absolute atomic E-state index is 0.0379. The molecule has 3 heterocycles. The Morgan fingerprint density at radius 1 is 1.26 bits per heavy atom. The Labute approximate surface area is 203 Å². The van der Waals surface area contributed by atoms with Gasteiger partial charge in [0.05, 0.1) is 10.9 Å². The van der Waals surface area contributed by atoms with E-state index in [-0.39, 0.29) is 12.0 Å². The third kappa shape index (κ3) is 5.67.